The highest BCUT2D eigenvalue weighted by atomic mass is 32.1. The molecule has 8 heteroatoms. The summed E-state index contributed by atoms with van der Waals surface area (Å²) in [7, 11) is 0. The molecule has 0 radical (unpaired) electrons. The quantitative estimate of drug-likeness (QED) is 0.425. The molecule has 3 aromatic rings. The summed E-state index contributed by atoms with van der Waals surface area (Å²) in [4.78, 5) is 22.3. The van der Waals surface area contributed by atoms with Crippen molar-refractivity contribution in [3.63, 3.8) is 0 Å². The van der Waals surface area contributed by atoms with Gasteiger partial charge in [-0.2, -0.15) is 4.98 Å². The molecule has 20 heavy (non-hydrogen) atoms. The van der Waals surface area contributed by atoms with Crippen LogP contribution in [0.15, 0.2) is 34.4 Å². The fourth-order valence-electron chi connectivity index (χ4n) is 1.86. The summed E-state index contributed by atoms with van der Waals surface area (Å²) < 4.78 is 0. The van der Waals surface area contributed by atoms with E-state index in [1.54, 1.807) is 5.38 Å². The van der Waals surface area contributed by atoms with Crippen LogP contribution >= 0.6 is 11.3 Å². The van der Waals surface area contributed by atoms with Crippen LogP contribution in [0.2, 0.25) is 0 Å². The molecule has 0 aliphatic carbocycles. The Hall–Kier alpha value is -2.45. The maximum atomic E-state index is 11.1. The predicted molar refractivity (Wildman–Crippen MR) is 79.6 cm³/mol. The Morgan fingerprint density at radius 3 is 2.90 bits per heavy atom. The van der Waals surface area contributed by atoms with Crippen LogP contribution < -0.4 is 21.5 Å². The van der Waals surface area contributed by atoms with E-state index in [0.29, 0.717) is 18.3 Å². The van der Waals surface area contributed by atoms with Crippen molar-refractivity contribution in [2.75, 3.05) is 10.7 Å². The first-order valence-corrected chi connectivity index (χ1v) is 6.78. The van der Waals surface area contributed by atoms with E-state index in [-0.39, 0.29) is 4.87 Å². The van der Waals surface area contributed by atoms with Gasteiger partial charge in [0.15, 0.2) is 0 Å². The Morgan fingerprint density at radius 2 is 2.15 bits per heavy atom. The Labute approximate surface area is 117 Å². The monoisotopic (exact) mass is 288 g/mol. The zero-order chi connectivity index (χ0) is 13.9. The molecular formula is C12H12N6OS. The summed E-state index contributed by atoms with van der Waals surface area (Å²) in [5, 5.41) is 5.85. The summed E-state index contributed by atoms with van der Waals surface area (Å²) in [5.41, 5.74) is 4.04. The van der Waals surface area contributed by atoms with Gasteiger partial charge >= 0.3 is 4.87 Å². The zero-order valence-electron chi connectivity index (χ0n) is 10.4. The highest BCUT2D eigenvalue weighted by Gasteiger charge is 2.07. The number of hydrogen-bond donors (Lipinski definition) is 4. The molecule has 0 saturated carbocycles. The Balaban J connectivity index is 1.95. The summed E-state index contributed by atoms with van der Waals surface area (Å²) in [5.74, 6) is 6.37. The molecule has 0 fully saturated rings. The van der Waals surface area contributed by atoms with Gasteiger partial charge in [0.1, 0.15) is 5.82 Å². The van der Waals surface area contributed by atoms with Crippen molar-refractivity contribution in [2.45, 2.75) is 6.54 Å². The fraction of sp³-hybridized carbons (Fsp3) is 0.0833. The van der Waals surface area contributed by atoms with E-state index in [1.807, 2.05) is 24.3 Å². The normalized spacial score (nSPS) is 10.7. The van der Waals surface area contributed by atoms with Gasteiger partial charge in [-0.1, -0.05) is 23.5 Å². The molecule has 0 spiro atoms. The van der Waals surface area contributed by atoms with Crippen LogP contribution in [-0.4, -0.2) is 15.0 Å². The van der Waals surface area contributed by atoms with Crippen molar-refractivity contribution < 1.29 is 0 Å². The van der Waals surface area contributed by atoms with Gasteiger partial charge in [0.05, 0.1) is 12.1 Å². The number of para-hydroxylation sites is 1. The lowest BCUT2D eigenvalue weighted by atomic mass is 10.2. The molecule has 102 valence electrons. The van der Waals surface area contributed by atoms with E-state index >= 15 is 0 Å². The van der Waals surface area contributed by atoms with Crippen LogP contribution in [0, 0.1) is 0 Å². The van der Waals surface area contributed by atoms with Crippen LogP contribution in [0.1, 0.15) is 5.69 Å². The molecule has 0 aliphatic rings. The lowest BCUT2D eigenvalue weighted by Gasteiger charge is -2.09. The van der Waals surface area contributed by atoms with Crippen molar-refractivity contribution >= 4 is 34.0 Å². The van der Waals surface area contributed by atoms with Crippen molar-refractivity contribution in [2.24, 2.45) is 5.84 Å². The maximum absolute atomic E-state index is 11.1. The summed E-state index contributed by atoms with van der Waals surface area (Å²) in [6.45, 7) is 0.476. The van der Waals surface area contributed by atoms with Gasteiger partial charge in [0, 0.05) is 16.5 Å². The summed E-state index contributed by atoms with van der Waals surface area (Å²) >= 11 is 1.13. The van der Waals surface area contributed by atoms with Crippen LogP contribution in [0.5, 0.6) is 0 Å². The number of H-pyrrole nitrogens is 1. The average Bonchev–Trinajstić information content (AvgIpc) is 2.90. The van der Waals surface area contributed by atoms with Gasteiger partial charge in [-0.25, -0.2) is 10.8 Å². The molecular weight excluding hydrogens is 276 g/mol. The molecule has 2 aromatic heterocycles. The lowest BCUT2D eigenvalue weighted by molar-refractivity contribution is 1.04. The standard InChI is InChI=1S/C12H12N6OS/c13-18-11-16-9-4-2-1-3-8(9)10(17-11)14-5-7-6-20-12(19)15-7/h1-4,6H,5,13H2,(H,15,19)(H2,14,16,17,18). The number of nitrogens with two attached hydrogens (primary N) is 1. The van der Waals surface area contributed by atoms with Crippen molar-refractivity contribution in [3.05, 3.63) is 45.0 Å². The van der Waals surface area contributed by atoms with Gasteiger partial charge < -0.3 is 10.3 Å². The third-order valence-corrected chi connectivity index (χ3v) is 3.47. The summed E-state index contributed by atoms with van der Waals surface area (Å²) in [6.07, 6.45) is 0. The average molecular weight is 288 g/mol. The number of aromatic nitrogens is 3. The second kappa shape index (κ2) is 5.27. The van der Waals surface area contributed by atoms with Crippen LogP contribution in [0.25, 0.3) is 10.9 Å². The number of nitrogens with zero attached hydrogens (tertiary/aromatic N) is 2. The molecule has 0 bridgehead atoms. The minimum absolute atomic E-state index is 0.0707. The van der Waals surface area contributed by atoms with Crippen molar-refractivity contribution in [1.29, 1.82) is 0 Å². The van der Waals surface area contributed by atoms with Crippen LogP contribution in [0.4, 0.5) is 11.8 Å². The number of anilines is 2. The molecule has 0 atom stereocenters. The second-order valence-electron chi connectivity index (χ2n) is 4.08. The first-order valence-electron chi connectivity index (χ1n) is 5.90. The third kappa shape index (κ3) is 2.46. The molecule has 3 rings (SSSR count). The number of thiazole rings is 1. The third-order valence-electron chi connectivity index (χ3n) is 2.75. The Morgan fingerprint density at radius 1 is 1.30 bits per heavy atom. The predicted octanol–water partition coefficient (Wildman–Crippen LogP) is 1.28. The number of nitrogens with one attached hydrogen (secondary N) is 3. The van der Waals surface area contributed by atoms with Gasteiger partial charge in [-0.3, -0.25) is 10.2 Å². The molecule has 0 amide bonds. The summed E-state index contributed by atoms with van der Waals surface area (Å²) in [6, 6.07) is 7.62. The number of hydrazine groups is 1. The molecule has 5 N–H and O–H groups in total. The van der Waals surface area contributed by atoms with Gasteiger partial charge in [0.25, 0.3) is 0 Å². The van der Waals surface area contributed by atoms with Crippen LogP contribution in [-0.2, 0) is 6.54 Å². The smallest absolute Gasteiger partial charge is 0.304 e. The SMILES string of the molecule is NNc1nc(NCc2csc(=O)[nH]2)c2ccccc2n1. The molecule has 2 heterocycles. The van der Waals surface area contributed by atoms with Gasteiger partial charge in [0.2, 0.25) is 5.95 Å². The first kappa shape index (κ1) is 12.6. The topological polar surface area (TPSA) is 109 Å². The highest BCUT2D eigenvalue weighted by Crippen LogP contribution is 2.21. The lowest BCUT2D eigenvalue weighted by Crippen LogP contribution is -2.12. The molecule has 0 saturated heterocycles. The number of nitrogen functional groups attached to an aromatic ring is 1. The minimum Gasteiger partial charge on any atom is -0.364 e. The van der Waals surface area contributed by atoms with Gasteiger partial charge in [-0.05, 0) is 12.1 Å². The minimum atomic E-state index is -0.0707. The van der Waals surface area contributed by atoms with Crippen LogP contribution in [0.3, 0.4) is 0 Å². The maximum Gasteiger partial charge on any atom is 0.304 e. The number of hydrogen-bond acceptors (Lipinski definition) is 7. The highest BCUT2D eigenvalue weighted by molar-refractivity contribution is 7.07. The number of rotatable bonds is 4. The fourth-order valence-corrected chi connectivity index (χ4v) is 2.44. The number of fused-ring (bicyclic) bond motifs is 1. The molecule has 0 unspecified atom stereocenters. The van der Waals surface area contributed by atoms with E-state index < -0.39 is 0 Å². The number of aromatic amines is 1. The number of benzene rings is 1. The largest absolute Gasteiger partial charge is 0.364 e. The molecule has 1 aromatic carbocycles. The first-order chi connectivity index (χ1) is 9.76. The Kier molecular flexibility index (Phi) is 3.32. The van der Waals surface area contributed by atoms with Crippen molar-refractivity contribution in [1.82, 2.24) is 15.0 Å². The van der Waals surface area contributed by atoms with E-state index in [4.69, 9.17) is 5.84 Å². The van der Waals surface area contributed by atoms with E-state index in [0.717, 1.165) is 27.9 Å². The van der Waals surface area contributed by atoms with E-state index in [9.17, 15) is 4.79 Å². The molecule has 7 nitrogen and oxygen atoms in total. The van der Waals surface area contributed by atoms with E-state index in [1.165, 1.54) is 0 Å². The Bertz CT molecular complexity index is 796. The van der Waals surface area contributed by atoms with Crippen molar-refractivity contribution in [3.8, 4) is 0 Å². The molecule has 0 aliphatic heterocycles. The second-order valence-corrected chi connectivity index (χ2v) is 4.93. The zero-order valence-corrected chi connectivity index (χ0v) is 11.2. The van der Waals surface area contributed by atoms with Gasteiger partial charge in [-0.15, -0.1) is 0 Å². The van der Waals surface area contributed by atoms with E-state index in [2.05, 4.69) is 25.7 Å².